The molecule has 0 radical (unpaired) electrons. The molecule has 29 heavy (non-hydrogen) atoms. The van der Waals surface area contributed by atoms with E-state index in [1.54, 1.807) is 24.0 Å². The van der Waals surface area contributed by atoms with Gasteiger partial charge in [-0.15, -0.1) is 0 Å². The zero-order chi connectivity index (χ0) is 20.4. The van der Waals surface area contributed by atoms with Gasteiger partial charge in [-0.2, -0.15) is 0 Å². The highest BCUT2D eigenvalue weighted by molar-refractivity contribution is 5.97. The Morgan fingerprint density at radius 3 is 2.41 bits per heavy atom. The maximum atomic E-state index is 13.1. The molecule has 1 saturated heterocycles. The highest BCUT2D eigenvalue weighted by Crippen LogP contribution is 2.31. The molecular weight excluding hydrogens is 368 g/mol. The maximum Gasteiger partial charge on any atom is 0.339 e. The van der Waals surface area contributed by atoms with Crippen molar-refractivity contribution in [3.63, 3.8) is 0 Å². The van der Waals surface area contributed by atoms with Crippen molar-refractivity contribution in [2.75, 3.05) is 18.4 Å². The van der Waals surface area contributed by atoms with E-state index < -0.39 is 11.6 Å². The number of hydrogen-bond donors (Lipinski definition) is 1. The lowest BCUT2D eigenvalue weighted by Gasteiger charge is -2.39. The standard InChI is InChI=1S/C23H24N2O4/c1-23(15-17-7-5-6-10-19(17)21(27)29-23)22(28)25-13-11-16(12-14-25)20(26)24-18-8-3-2-4-9-18/h2-10,16H,11-15H2,1H3,(H,24,26). The minimum absolute atomic E-state index is 0.0208. The number of rotatable bonds is 3. The Kier molecular flexibility index (Phi) is 5.09. The van der Waals surface area contributed by atoms with Crippen LogP contribution in [0.25, 0.3) is 0 Å². The molecule has 6 nitrogen and oxygen atoms in total. The summed E-state index contributed by atoms with van der Waals surface area (Å²) in [7, 11) is 0. The summed E-state index contributed by atoms with van der Waals surface area (Å²) >= 11 is 0. The van der Waals surface area contributed by atoms with Gasteiger partial charge >= 0.3 is 5.97 Å². The number of amides is 2. The third-order valence-corrected chi connectivity index (χ3v) is 5.73. The number of benzene rings is 2. The Bertz CT molecular complexity index is 935. The van der Waals surface area contributed by atoms with E-state index in [0.717, 1.165) is 11.3 Å². The quantitative estimate of drug-likeness (QED) is 0.815. The Hall–Kier alpha value is -3.15. The van der Waals surface area contributed by atoms with E-state index in [9.17, 15) is 14.4 Å². The summed E-state index contributed by atoms with van der Waals surface area (Å²) in [6, 6.07) is 16.6. The lowest BCUT2D eigenvalue weighted by molar-refractivity contribution is -0.153. The average Bonchev–Trinajstić information content (AvgIpc) is 2.74. The molecular formula is C23H24N2O4. The van der Waals surface area contributed by atoms with Gasteiger partial charge in [0.05, 0.1) is 5.56 Å². The first-order valence-corrected chi connectivity index (χ1v) is 9.93. The van der Waals surface area contributed by atoms with Gasteiger partial charge in [-0.25, -0.2) is 4.79 Å². The molecule has 2 heterocycles. The fraction of sp³-hybridized carbons (Fsp3) is 0.348. The lowest BCUT2D eigenvalue weighted by atomic mass is 9.87. The van der Waals surface area contributed by atoms with E-state index in [0.29, 0.717) is 37.9 Å². The molecule has 2 aliphatic heterocycles. The molecule has 0 bridgehead atoms. The Labute approximate surface area is 169 Å². The fourth-order valence-electron chi connectivity index (χ4n) is 4.10. The third kappa shape index (κ3) is 3.88. The predicted molar refractivity (Wildman–Crippen MR) is 108 cm³/mol. The molecule has 150 valence electrons. The lowest BCUT2D eigenvalue weighted by Crippen LogP contribution is -2.55. The van der Waals surface area contributed by atoms with E-state index in [4.69, 9.17) is 4.74 Å². The summed E-state index contributed by atoms with van der Waals surface area (Å²) in [6.45, 7) is 2.62. The Morgan fingerprint density at radius 2 is 1.69 bits per heavy atom. The molecule has 1 fully saturated rings. The number of ether oxygens (including phenoxy) is 1. The summed E-state index contributed by atoms with van der Waals surface area (Å²) in [5, 5.41) is 2.93. The Balaban J connectivity index is 1.38. The summed E-state index contributed by atoms with van der Waals surface area (Å²) in [5.74, 6) is -0.809. The van der Waals surface area contributed by atoms with E-state index in [1.165, 1.54) is 0 Å². The first-order valence-electron chi connectivity index (χ1n) is 9.93. The van der Waals surface area contributed by atoms with Crippen LogP contribution in [0.15, 0.2) is 54.6 Å². The van der Waals surface area contributed by atoms with E-state index >= 15 is 0 Å². The van der Waals surface area contributed by atoms with Crippen LogP contribution >= 0.6 is 0 Å². The van der Waals surface area contributed by atoms with Crippen molar-refractivity contribution in [2.45, 2.75) is 31.8 Å². The summed E-state index contributed by atoms with van der Waals surface area (Å²) in [4.78, 5) is 39.7. The molecule has 0 saturated carbocycles. The molecule has 6 heteroatoms. The van der Waals surface area contributed by atoms with Gasteiger partial charge in [0.2, 0.25) is 5.91 Å². The molecule has 2 aromatic carbocycles. The molecule has 0 aliphatic carbocycles. The zero-order valence-electron chi connectivity index (χ0n) is 16.4. The molecule has 4 rings (SSSR count). The fourth-order valence-corrected chi connectivity index (χ4v) is 4.10. The molecule has 1 atom stereocenters. The molecule has 2 amide bonds. The molecule has 1 N–H and O–H groups in total. The van der Waals surface area contributed by atoms with Crippen molar-refractivity contribution in [3.8, 4) is 0 Å². The molecule has 1 unspecified atom stereocenters. The second-order valence-electron chi connectivity index (χ2n) is 7.88. The van der Waals surface area contributed by atoms with Crippen LogP contribution in [-0.4, -0.2) is 41.4 Å². The SMILES string of the molecule is CC1(C(=O)N2CCC(C(=O)Nc3ccccc3)CC2)Cc2ccccc2C(=O)O1. The van der Waals surface area contributed by atoms with E-state index in [2.05, 4.69) is 5.32 Å². The van der Waals surface area contributed by atoms with Crippen LogP contribution in [0.5, 0.6) is 0 Å². The van der Waals surface area contributed by atoms with Crippen LogP contribution in [0.3, 0.4) is 0 Å². The van der Waals surface area contributed by atoms with E-state index in [-0.39, 0.29) is 17.7 Å². The van der Waals surface area contributed by atoms with Gasteiger partial charge in [0.25, 0.3) is 5.91 Å². The average molecular weight is 392 g/mol. The number of nitrogens with zero attached hydrogens (tertiary/aromatic N) is 1. The number of fused-ring (bicyclic) bond motifs is 1. The van der Waals surface area contributed by atoms with Gasteiger partial charge in [-0.05, 0) is 43.5 Å². The second kappa shape index (κ2) is 7.70. The van der Waals surface area contributed by atoms with Crippen LogP contribution in [0.1, 0.15) is 35.7 Å². The highest BCUT2D eigenvalue weighted by Gasteiger charge is 2.45. The van der Waals surface area contributed by atoms with Gasteiger partial charge < -0.3 is 15.0 Å². The van der Waals surface area contributed by atoms with Crippen LogP contribution in [0, 0.1) is 5.92 Å². The largest absolute Gasteiger partial charge is 0.445 e. The number of anilines is 1. The second-order valence-corrected chi connectivity index (χ2v) is 7.88. The molecule has 2 aliphatic rings. The van der Waals surface area contributed by atoms with Gasteiger partial charge in [0.15, 0.2) is 5.60 Å². The van der Waals surface area contributed by atoms with Crippen LogP contribution < -0.4 is 5.32 Å². The molecule has 2 aromatic rings. The third-order valence-electron chi connectivity index (χ3n) is 5.73. The number of cyclic esters (lactones) is 1. The topological polar surface area (TPSA) is 75.7 Å². The number of carbonyl (C=O) groups is 3. The monoisotopic (exact) mass is 392 g/mol. The van der Waals surface area contributed by atoms with Gasteiger partial charge in [-0.1, -0.05) is 36.4 Å². The van der Waals surface area contributed by atoms with Crippen molar-refractivity contribution in [2.24, 2.45) is 5.92 Å². The number of esters is 1. The number of para-hydroxylation sites is 1. The smallest absolute Gasteiger partial charge is 0.339 e. The zero-order valence-corrected chi connectivity index (χ0v) is 16.4. The number of nitrogens with one attached hydrogen (secondary N) is 1. The number of hydrogen-bond acceptors (Lipinski definition) is 4. The van der Waals surface area contributed by atoms with Gasteiger partial charge in [0.1, 0.15) is 0 Å². The minimum Gasteiger partial charge on any atom is -0.445 e. The Morgan fingerprint density at radius 1 is 1.03 bits per heavy atom. The van der Waals surface area contributed by atoms with Crippen LogP contribution in [0.2, 0.25) is 0 Å². The first-order chi connectivity index (χ1) is 14.0. The maximum absolute atomic E-state index is 13.1. The van der Waals surface area contributed by atoms with Crippen molar-refractivity contribution in [1.29, 1.82) is 0 Å². The summed E-state index contributed by atoms with van der Waals surface area (Å²) in [6.07, 6.45) is 1.54. The van der Waals surface area contributed by atoms with Crippen molar-refractivity contribution >= 4 is 23.5 Å². The first kappa shape index (κ1) is 19.2. The number of likely N-dealkylation sites (tertiary alicyclic amines) is 1. The van der Waals surface area contributed by atoms with E-state index in [1.807, 2.05) is 42.5 Å². The van der Waals surface area contributed by atoms with Crippen LogP contribution in [-0.2, 0) is 20.7 Å². The van der Waals surface area contributed by atoms with Crippen molar-refractivity contribution in [1.82, 2.24) is 4.90 Å². The normalized spacial score (nSPS) is 21.8. The summed E-state index contributed by atoms with van der Waals surface area (Å²) in [5.41, 5.74) is 0.923. The summed E-state index contributed by atoms with van der Waals surface area (Å²) < 4.78 is 5.56. The van der Waals surface area contributed by atoms with Gasteiger partial charge in [0, 0.05) is 31.1 Å². The number of carbonyl (C=O) groups excluding carboxylic acids is 3. The highest BCUT2D eigenvalue weighted by atomic mass is 16.6. The predicted octanol–water partition coefficient (Wildman–Crippen LogP) is 3.04. The number of piperidine rings is 1. The minimum atomic E-state index is -1.20. The molecule has 0 aromatic heterocycles. The van der Waals surface area contributed by atoms with Crippen molar-refractivity contribution in [3.05, 3.63) is 65.7 Å². The van der Waals surface area contributed by atoms with Crippen molar-refractivity contribution < 1.29 is 19.1 Å². The molecule has 0 spiro atoms. The van der Waals surface area contributed by atoms with Gasteiger partial charge in [-0.3, -0.25) is 9.59 Å². The van der Waals surface area contributed by atoms with Crippen LogP contribution in [0.4, 0.5) is 5.69 Å².